The van der Waals surface area contributed by atoms with Crippen molar-refractivity contribution in [1.29, 1.82) is 0 Å². The molecule has 0 aliphatic heterocycles. The van der Waals surface area contributed by atoms with Gasteiger partial charge in [-0.1, -0.05) is 0 Å². The molecule has 13 heavy (non-hydrogen) atoms. The summed E-state index contributed by atoms with van der Waals surface area (Å²) in [5.74, 6) is -0.832. The van der Waals surface area contributed by atoms with Crippen molar-refractivity contribution < 1.29 is 4.39 Å². The Bertz CT molecular complexity index is 463. The lowest BCUT2D eigenvalue weighted by Crippen LogP contribution is -2.12. The number of H-pyrrole nitrogens is 1. The third kappa shape index (κ3) is 1.38. The van der Waals surface area contributed by atoms with Gasteiger partial charge in [-0.2, -0.15) is 15.7 Å². The van der Waals surface area contributed by atoms with E-state index >= 15 is 0 Å². The fraction of sp³-hybridized carbons (Fsp3) is 0. The Morgan fingerprint density at radius 2 is 2.38 bits per heavy atom. The van der Waals surface area contributed by atoms with E-state index in [9.17, 15) is 9.18 Å². The van der Waals surface area contributed by atoms with Gasteiger partial charge in [-0.15, -0.1) is 0 Å². The molecule has 0 fully saturated rings. The van der Waals surface area contributed by atoms with Crippen LogP contribution in [0.1, 0.15) is 0 Å². The SMILES string of the molecule is O=c1[nH]cnc(-c2ccsc2)c1F. The lowest BCUT2D eigenvalue weighted by Gasteiger charge is -1.95. The summed E-state index contributed by atoms with van der Waals surface area (Å²) in [4.78, 5) is 16.8. The molecule has 0 saturated carbocycles. The Hall–Kier alpha value is -1.49. The van der Waals surface area contributed by atoms with Crippen LogP contribution in [0.5, 0.6) is 0 Å². The molecule has 0 spiro atoms. The molecule has 2 aromatic rings. The van der Waals surface area contributed by atoms with Crippen LogP contribution in [0, 0.1) is 5.82 Å². The smallest absolute Gasteiger partial charge is 0.287 e. The van der Waals surface area contributed by atoms with Crippen molar-refractivity contribution in [3.63, 3.8) is 0 Å². The average Bonchev–Trinajstić information content (AvgIpc) is 2.62. The molecule has 66 valence electrons. The predicted octanol–water partition coefficient (Wildman–Crippen LogP) is 1.64. The second-order valence-electron chi connectivity index (χ2n) is 2.41. The average molecular weight is 196 g/mol. The fourth-order valence-electron chi connectivity index (χ4n) is 0.983. The van der Waals surface area contributed by atoms with Crippen LogP contribution in [0.4, 0.5) is 4.39 Å². The molecule has 0 aliphatic rings. The quantitative estimate of drug-likeness (QED) is 0.753. The third-order valence-corrected chi connectivity index (χ3v) is 2.27. The van der Waals surface area contributed by atoms with E-state index in [1.807, 2.05) is 0 Å². The van der Waals surface area contributed by atoms with Gasteiger partial charge in [0.25, 0.3) is 5.56 Å². The highest BCUT2D eigenvalue weighted by Gasteiger charge is 2.09. The van der Waals surface area contributed by atoms with E-state index in [2.05, 4.69) is 9.97 Å². The van der Waals surface area contributed by atoms with Gasteiger partial charge >= 0.3 is 0 Å². The largest absolute Gasteiger partial charge is 0.311 e. The highest BCUT2D eigenvalue weighted by Crippen LogP contribution is 2.19. The molecule has 0 aromatic carbocycles. The Balaban J connectivity index is 2.66. The number of nitrogens with one attached hydrogen (secondary N) is 1. The molecule has 3 nitrogen and oxygen atoms in total. The van der Waals surface area contributed by atoms with Crippen LogP contribution in [0.2, 0.25) is 0 Å². The first-order chi connectivity index (χ1) is 6.29. The predicted molar refractivity (Wildman–Crippen MR) is 48.1 cm³/mol. The minimum atomic E-state index is -0.832. The zero-order valence-corrected chi connectivity index (χ0v) is 7.27. The molecule has 1 N–H and O–H groups in total. The summed E-state index contributed by atoms with van der Waals surface area (Å²) in [5, 5.41) is 3.54. The Morgan fingerprint density at radius 1 is 1.54 bits per heavy atom. The first-order valence-electron chi connectivity index (χ1n) is 3.55. The number of aromatic nitrogens is 2. The standard InChI is InChI=1S/C8H5FN2OS/c9-6-7(5-1-2-13-3-5)10-4-11-8(6)12/h1-4H,(H,10,11,12). The molecule has 0 saturated heterocycles. The van der Waals surface area contributed by atoms with Crippen molar-refractivity contribution in [3.8, 4) is 11.3 Å². The highest BCUT2D eigenvalue weighted by atomic mass is 32.1. The summed E-state index contributed by atoms with van der Waals surface area (Å²) < 4.78 is 13.2. The summed E-state index contributed by atoms with van der Waals surface area (Å²) in [6.07, 6.45) is 1.19. The number of hydrogen-bond donors (Lipinski definition) is 1. The molecule has 5 heteroatoms. The van der Waals surface area contributed by atoms with Gasteiger partial charge in [-0.3, -0.25) is 4.79 Å². The van der Waals surface area contributed by atoms with Gasteiger partial charge in [-0.25, -0.2) is 4.98 Å². The van der Waals surface area contributed by atoms with Crippen molar-refractivity contribution in [2.24, 2.45) is 0 Å². The zero-order chi connectivity index (χ0) is 9.26. The monoisotopic (exact) mass is 196 g/mol. The molecule has 0 unspecified atom stereocenters. The summed E-state index contributed by atoms with van der Waals surface area (Å²) in [6.45, 7) is 0. The van der Waals surface area contributed by atoms with Crippen LogP contribution in [0.15, 0.2) is 27.9 Å². The lowest BCUT2D eigenvalue weighted by molar-refractivity contribution is 0.605. The van der Waals surface area contributed by atoms with Crippen molar-refractivity contribution in [2.45, 2.75) is 0 Å². The van der Waals surface area contributed by atoms with Gasteiger partial charge in [-0.05, 0) is 11.4 Å². The van der Waals surface area contributed by atoms with E-state index in [-0.39, 0.29) is 5.69 Å². The molecule has 0 radical (unpaired) electrons. The molecule has 0 aliphatic carbocycles. The van der Waals surface area contributed by atoms with Gasteiger partial charge in [0, 0.05) is 10.9 Å². The maximum Gasteiger partial charge on any atom is 0.287 e. The number of nitrogens with zero attached hydrogens (tertiary/aromatic N) is 1. The fourth-order valence-corrected chi connectivity index (χ4v) is 1.62. The Kier molecular flexibility index (Phi) is 1.94. The van der Waals surface area contributed by atoms with Crippen molar-refractivity contribution in [1.82, 2.24) is 9.97 Å². The van der Waals surface area contributed by atoms with E-state index in [0.717, 1.165) is 0 Å². The molecule has 0 bridgehead atoms. The number of rotatable bonds is 1. The van der Waals surface area contributed by atoms with E-state index in [0.29, 0.717) is 5.56 Å². The van der Waals surface area contributed by atoms with Gasteiger partial charge in [0.1, 0.15) is 5.69 Å². The normalized spacial score (nSPS) is 10.2. The summed E-state index contributed by atoms with van der Waals surface area (Å²) in [5.41, 5.74) is -0.00481. The summed E-state index contributed by atoms with van der Waals surface area (Å²) >= 11 is 1.43. The van der Waals surface area contributed by atoms with Gasteiger partial charge in [0.05, 0.1) is 6.33 Å². The van der Waals surface area contributed by atoms with Crippen molar-refractivity contribution >= 4 is 11.3 Å². The van der Waals surface area contributed by atoms with Gasteiger partial charge in [0.2, 0.25) is 5.82 Å². The lowest BCUT2D eigenvalue weighted by atomic mass is 10.2. The maximum absolute atomic E-state index is 13.2. The summed E-state index contributed by atoms with van der Waals surface area (Å²) in [6, 6.07) is 1.72. The third-order valence-electron chi connectivity index (χ3n) is 1.59. The van der Waals surface area contributed by atoms with Gasteiger partial charge in [0.15, 0.2) is 0 Å². The van der Waals surface area contributed by atoms with Crippen LogP contribution < -0.4 is 5.56 Å². The highest BCUT2D eigenvalue weighted by molar-refractivity contribution is 7.08. The van der Waals surface area contributed by atoms with Crippen LogP contribution in [-0.2, 0) is 0 Å². The molecule has 0 atom stereocenters. The van der Waals surface area contributed by atoms with Crippen molar-refractivity contribution in [3.05, 3.63) is 39.3 Å². The van der Waals surface area contributed by atoms with Crippen molar-refractivity contribution in [2.75, 3.05) is 0 Å². The number of hydrogen-bond acceptors (Lipinski definition) is 3. The van der Waals surface area contributed by atoms with Crippen LogP contribution in [-0.4, -0.2) is 9.97 Å². The molecule has 2 rings (SSSR count). The Morgan fingerprint density at radius 3 is 3.08 bits per heavy atom. The molecular weight excluding hydrogens is 191 g/mol. The van der Waals surface area contributed by atoms with Gasteiger partial charge < -0.3 is 4.98 Å². The Labute approximate surface area is 76.9 Å². The number of thiophene rings is 1. The van der Waals surface area contributed by atoms with E-state index < -0.39 is 11.4 Å². The first kappa shape index (κ1) is 8.12. The molecule has 0 amide bonds. The topological polar surface area (TPSA) is 45.8 Å². The molecule has 2 aromatic heterocycles. The second-order valence-corrected chi connectivity index (χ2v) is 3.19. The maximum atomic E-state index is 13.2. The first-order valence-corrected chi connectivity index (χ1v) is 4.49. The second kappa shape index (κ2) is 3.10. The van der Waals surface area contributed by atoms with Crippen LogP contribution in [0.25, 0.3) is 11.3 Å². The summed E-state index contributed by atoms with van der Waals surface area (Å²) in [7, 11) is 0. The minimum Gasteiger partial charge on any atom is -0.311 e. The van der Waals surface area contributed by atoms with E-state index in [1.165, 1.54) is 17.7 Å². The molecular formula is C8H5FN2OS. The van der Waals surface area contributed by atoms with E-state index in [4.69, 9.17) is 0 Å². The van der Waals surface area contributed by atoms with E-state index in [1.54, 1.807) is 16.8 Å². The zero-order valence-electron chi connectivity index (χ0n) is 6.45. The minimum absolute atomic E-state index is 0.102. The molecule has 2 heterocycles. The number of aromatic amines is 1. The van der Waals surface area contributed by atoms with Crippen LogP contribution >= 0.6 is 11.3 Å². The number of halogens is 1. The van der Waals surface area contributed by atoms with Crippen LogP contribution in [0.3, 0.4) is 0 Å².